The molecule has 1 aliphatic carbocycles. The van der Waals surface area contributed by atoms with E-state index >= 15 is 0 Å². The summed E-state index contributed by atoms with van der Waals surface area (Å²) in [5.41, 5.74) is 0.869. The Morgan fingerprint density at radius 1 is 1.30 bits per heavy atom. The zero-order valence-electron chi connectivity index (χ0n) is 15.8. The number of nitrogens with one attached hydrogen (secondary N) is 1. The number of aliphatic carboxylic acids is 1. The van der Waals surface area contributed by atoms with Gasteiger partial charge in [-0.2, -0.15) is 0 Å². The van der Waals surface area contributed by atoms with Crippen LogP contribution in [0.2, 0.25) is 0 Å². The molecule has 1 aliphatic rings. The molecule has 0 heterocycles. The van der Waals surface area contributed by atoms with E-state index in [1.807, 2.05) is 11.8 Å². The van der Waals surface area contributed by atoms with Crippen LogP contribution in [0.15, 0.2) is 23.1 Å². The van der Waals surface area contributed by atoms with E-state index in [0.717, 1.165) is 0 Å². The van der Waals surface area contributed by atoms with Crippen LogP contribution in [0.5, 0.6) is 0 Å². The first-order valence-electron chi connectivity index (χ1n) is 8.93. The van der Waals surface area contributed by atoms with Crippen molar-refractivity contribution in [2.45, 2.75) is 50.6 Å². The van der Waals surface area contributed by atoms with Gasteiger partial charge in [-0.15, -0.1) is 0 Å². The molecule has 0 amide bonds. The number of ether oxygens (including phenoxy) is 1. The van der Waals surface area contributed by atoms with Crippen LogP contribution in [0.4, 0.5) is 0 Å². The molecule has 8 nitrogen and oxygen atoms in total. The highest BCUT2D eigenvalue weighted by atomic mass is 32.2. The third-order valence-electron chi connectivity index (χ3n) is 4.71. The molecule has 0 bridgehead atoms. The maximum absolute atomic E-state index is 12.6. The molecule has 0 unspecified atom stereocenters. The molecule has 0 atom stereocenters. The minimum absolute atomic E-state index is 0.0116. The lowest BCUT2D eigenvalue weighted by Gasteiger charge is -2.42. The Bertz CT molecular complexity index is 802. The normalized spacial score (nSPS) is 19.6. The maximum atomic E-state index is 12.6. The highest BCUT2D eigenvalue weighted by molar-refractivity contribution is 7.89. The summed E-state index contributed by atoms with van der Waals surface area (Å²) in [6, 6.07) is 4.16. The number of nitrogens with zero attached hydrogens (tertiary/aromatic N) is 1. The van der Waals surface area contributed by atoms with Gasteiger partial charge in [0.1, 0.15) is 0 Å². The lowest BCUT2D eigenvalue weighted by molar-refractivity contribution is -0.139. The van der Waals surface area contributed by atoms with Gasteiger partial charge >= 0.3 is 11.9 Å². The van der Waals surface area contributed by atoms with Crippen molar-refractivity contribution in [3.05, 3.63) is 29.3 Å². The van der Waals surface area contributed by atoms with Gasteiger partial charge in [0.2, 0.25) is 10.0 Å². The van der Waals surface area contributed by atoms with Crippen LogP contribution in [0, 0.1) is 6.92 Å². The van der Waals surface area contributed by atoms with Crippen LogP contribution in [0.25, 0.3) is 0 Å². The first-order chi connectivity index (χ1) is 12.7. The molecule has 0 aliphatic heterocycles. The van der Waals surface area contributed by atoms with Gasteiger partial charge in [0.25, 0.3) is 0 Å². The van der Waals surface area contributed by atoms with Gasteiger partial charge in [0.15, 0.2) is 0 Å². The molecule has 0 aromatic heterocycles. The monoisotopic (exact) mass is 398 g/mol. The van der Waals surface area contributed by atoms with Crippen molar-refractivity contribution in [3.63, 3.8) is 0 Å². The summed E-state index contributed by atoms with van der Waals surface area (Å²) in [5.74, 6) is -1.45. The molecular formula is C18H26N2O6S. The fraction of sp³-hybridized carbons (Fsp3) is 0.556. The summed E-state index contributed by atoms with van der Waals surface area (Å²) in [5, 5.41) is 8.92. The largest absolute Gasteiger partial charge is 0.480 e. The summed E-state index contributed by atoms with van der Waals surface area (Å²) < 4.78 is 32.9. The number of rotatable bonds is 9. The molecule has 150 valence electrons. The number of sulfonamides is 1. The van der Waals surface area contributed by atoms with Crippen LogP contribution in [-0.4, -0.2) is 62.1 Å². The third-order valence-corrected chi connectivity index (χ3v) is 6.23. The average molecular weight is 398 g/mol. The summed E-state index contributed by atoms with van der Waals surface area (Å²) in [6.07, 6.45) is 1.11. The molecule has 2 N–H and O–H groups in total. The van der Waals surface area contributed by atoms with E-state index in [1.165, 1.54) is 12.1 Å². The zero-order chi connectivity index (χ0) is 20.2. The summed E-state index contributed by atoms with van der Waals surface area (Å²) in [7, 11) is -3.78. The molecule has 1 aromatic rings. The summed E-state index contributed by atoms with van der Waals surface area (Å²) in [4.78, 5) is 24.7. The summed E-state index contributed by atoms with van der Waals surface area (Å²) >= 11 is 0. The number of carbonyl (C=O) groups is 2. The highest BCUT2D eigenvalue weighted by Crippen LogP contribution is 2.27. The lowest BCUT2D eigenvalue weighted by atomic mass is 9.86. The minimum Gasteiger partial charge on any atom is -0.480 e. The highest BCUT2D eigenvalue weighted by Gasteiger charge is 2.36. The van der Waals surface area contributed by atoms with E-state index in [4.69, 9.17) is 9.84 Å². The molecule has 0 spiro atoms. The van der Waals surface area contributed by atoms with Crippen molar-refractivity contribution < 1.29 is 27.9 Å². The SMILES string of the molecule is CCOC(=O)c1cc(S(=O)(=O)NC2CC(N(CC)CC(=O)O)C2)ccc1C. The fourth-order valence-corrected chi connectivity index (χ4v) is 4.43. The van der Waals surface area contributed by atoms with Crippen molar-refractivity contribution in [1.82, 2.24) is 9.62 Å². The van der Waals surface area contributed by atoms with E-state index in [2.05, 4.69) is 4.72 Å². The van der Waals surface area contributed by atoms with Gasteiger partial charge in [0, 0.05) is 12.1 Å². The molecular weight excluding hydrogens is 372 g/mol. The predicted octanol–water partition coefficient (Wildman–Crippen LogP) is 1.39. The van der Waals surface area contributed by atoms with Gasteiger partial charge in [-0.05, 0) is 50.9 Å². The Morgan fingerprint density at radius 2 is 1.96 bits per heavy atom. The van der Waals surface area contributed by atoms with Crippen molar-refractivity contribution in [2.75, 3.05) is 19.7 Å². The van der Waals surface area contributed by atoms with E-state index in [1.54, 1.807) is 19.9 Å². The average Bonchev–Trinajstić information content (AvgIpc) is 2.56. The number of carbonyl (C=O) groups excluding carboxylic acids is 1. The van der Waals surface area contributed by atoms with Crippen molar-refractivity contribution in [2.24, 2.45) is 0 Å². The number of carboxylic acids is 1. The second-order valence-corrected chi connectivity index (χ2v) is 8.31. The van der Waals surface area contributed by atoms with E-state index in [-0.39, 0.29) is 35.7 Å². The fourth-order valence-electron chi connectivity index (χ4n) is 3.14. The number of hydrogen-bond donors (Lipinski definition) is 2. The van der Waals surface area contributed by atoms with Crippen molar-refractivity contribution in [3.8, 4) is 0 Å². The maximum Gasteiger partial charge on any atom is 0.338 e. The first-order valence-corrected chi connectivity index (χ1v) is 10.4. The lowest BCUT2D eigenvalue weighted by Crippen LogP contribution is -2.54. The number of hydrogen-bond acceptors (Lipinski definition) is 6. The van der Waals surface area contributed by atoms with Crippen molar-refractivity contribution >= 4 is 22.0 Å². The number of likely N-dealkylation sites (N-methyl/N-ethyl adjacent to an activating group) is 1. The van der Waals surface area contributed by atoms with Gasteiger partial charge < -0.3 is 9.84 Å². The number of benzene rings is 1. The topological polar surface area (TPSA) is 113 Å². The van der Waals surface area contributed by atoms with E-state index < -0.39 is 22.0 Å². The zero-order valence-corrected chi connectivity index (χ0v) is 16.6. The van der Waals surface area contributed by atoms with Crippen LogP contribution < -0.4 is 4.72 Å². The Morgan fingerprint density at radius 3 is 2.52 bits per heavy atom. The predicted molar refractivity (Wildman–Crippen MR) is 99.1 cm³/mol. The minimum atomic E-state index is -3.78. The summed E-state index contributed by atoms with van der Waals surface area (Å²) in [6.45, 7) is 6.03. The number of aryl methyl sites for hydroxylation is 1. The Balaban J connectivity index is 2.05. The third kappa shape index (κ3) is 5.27. The van der Waals surface area contributed by atoms with Crippen LogP contribution in [0.3, 0.4) is 0 Å². The number of carboxylic acid groups (broad SMARTS) is 1. The van der Waals surface area contributed by atoms with Crippen LogP contribution in [-0.2, 0) is 19.6 Å². The molecule has 1 saturated carbocycles. The molecule has 1 fully saturated rings. The quantitative estimate of drug-likeness (QED) is 0.604. The molecule has 2 rings (SSSR count). The second-order valence-electron chi connectivity index (χ2n) is 6.60. The Labute approximate surface area is 159 Å². The van der Waals surface area contributed by atoms with Crippen molar-refractivity contribution in [1.29, 1.82) is 0 Å². The standard InChI is InChI=1S/C18H26N2O6S/c1-4-20(11-17(21)22)14-8-13(9-14)19-27(24,25)15-7-6-12(3)16(10-15)18(23)26-5-2/h6-7,10,13-14,19H,4-5,8-9,11H2,1-3H3,(H,21,22). The second kappa shape index (κ2) is 8.81. The van der Waals surface area contributed by atoms with Crippen LogP contribution >= 0.6 is 0 Å². The van der Waals surface area contributed by atoms with Gasteiger partial charge in [0.05, 0.1) is 23.6 Å². The number of esters is 1. The van der Waals surface area contributed by atoms with Gasteiger partial charge in [-0.3, -0.25) is 9.69 Å². The first kappa shape index (κ1) is 21.3. The van der Waals surface area contributed by atoms with Crippen LogP contribution in [0.1, 0.15) is 42.6 Å². The Kier molecular flexibility index (Phi) is 6.96. The van der Waals surface area contributed by atoms with Gasteiger partial charge in [-0.1, -0.05) is 13.0 Å². The molecule has 1 aromatic carbocycles. The van der Waals surface area contributed by atoms with E-state index in [0.29, 0.717) is 24.9 Å². The molecule has 0 radical (unpaired) electrons. The molecule has 0 saturated heterocycles. The molecule has 9 heteroatoms. The smallest absolute Gasteiger partial charge is 0.338 e. The molecule has 27 heavy (non-hydrogen) atoms. The Hall–Kier alpha value is -1.97. The van der Waals surface area contributed by atoms with E-state index in [9.17, 15) is 18.0 Å². The van der Waals surface area contributed by atoms with Gasteiger partial charge in [-0.25, -0.2) is 17.9 Å².